The van der Waals surface area contributed by atoms with Gasteiger partial charge in [-0.15, -0.1) is 0 Å². The summed E-state index contributed by atoms with van der Waals surface area (Å²) in [6, 6.07) is 29.0. The van der Waals surface area contributed by atoms with E-state index < -0.39 is 7.40 Å². The number of hydrogen-bond acceptors (Lipinski definition) is 4. The molecule has 0 atom stereocenters. The number of allylic oxidation sites excluding steroid dienone is 2. The number of ether oxygens (including phenoxy) is 2. The molecule has 0 amide bonds. The molecule has 0 radical (unpaired) electrons. The number of rotatable bonds is 11. The number of halogens is 2. The maximum absolute atomic E-state index is 14.2. The van der Waals surface area contributed by atoms with Gasteiger partial charge in [0.15, 0.2) is 0 Å². The molecule has 0 fully saturated rings. The van der Waals surface area contributed by atoms with Gasteiger partial charge >= 0.3 is 7.40 Å². The summed E-state index contributed by atoms with van der Waals surface area (Å²) in [5.74, 6) is 6.47. The van der Waals surface area contributed by atoms with Crippen molar-refractivity contribution in [2.75, 3.05) is 38.3 Å². The first-order valence-electron chi connectivity index (χ1n) is 16.9. The Balaban J connectivity index is 0.910. The predicted octanol–water partition coefficient (Wildman–Crippen LogP) is 9.45. The third-order valence-corrected chi connectivity index (χ3v) is 9.22. The fraction of sp³-hybridized carbons (Fsp3) is 0.214. The van der Waals surface area contributed by atoms with Crippen molar-refractivity contribution in [2.45, 2.75) is 27.7 Å². The molecule has 6 aromatic rings. The van der Waals surface area contributed by atoms with Crippen molar-refractivity contribution < 1.29 is 18.1 Å². The standard InChI is InChI=1S/C42H38BF2N3O2/c1-27-25-29(3)47-41(27)40(42-28(2)26-30(4)48(42)43(44)45)35-14-17-36(18-15-35)46-20-22-50-24-23-49-21-6-9-31-10-11-34-13-12-32-7-5-8-33-16-19-37(31)39(34)38(32)33/h5,7-8,10-19,25-26,46H,20-24H2,1-4H3/b41-40-. The Morgan fingerprint density at radius 3 is 2.24 bits per heavy atom. The number of nitrogens with one attached hydrogen (secondary N) is 1. The first kappa shape index (κ1) is 33.3. The highest BCUT2D eigenvalue weighted by Crippen LogP contribution is 2.38. The van der Waals surface area contributed by atoms with Crippen LogP contribution in [0, 0.1) is 25.7 Å². The smallest absolute Gasteiger partial charge is 0.383 e. The van der Waals surface area contributed by atoms with E-state index in [0.717, 1.165) is 43.8 Å². The fourth-order valence-electron chi connectivity index (χ4n) is 7.04. The normalized spacial score (nSPS) is 13.9. The zero-order chi connectivity index (χ0) is 34.8. The summed E-state index contributed by atoms with van der Waals surface area (Å²) in [6.45, 7) is 9.84. The molecular formula is C42H38BF2N3O2. The van der Waals surface area contributed by atoms with Gasteiger partial charge in [0.05, 0.1) is 25.5 Å². The summed E-state index contributed by atoms with van der Waals surface area (Å²) >= 11 is 0. The lowest BCUT2D eigenvalue weighted by Crippen LogP contribution is -2.18. The minimum Gasteiger partial charge on any atom is -0.383 e. The number of aromatic nitrogens is 1. The maximum Gasteiger partial charge on any atom is 0.677 e. The second-order valence-electron chi connectivity index (χ2n) is 12.7. The zero-order valence-electron chi connectivity index (χ0n) is 28.7. The van der Waals surface area contributed by atoms with Crippen LogP contribution in [0.3, 0.4) is 0 Å². The topological polar surface area (TPSA) is 47.8 Å². The van der Waals surface area contributed by atoms with E-state index in [1.807, 2.05) is 51.1 Å². The Bertz CT molecular complexity index is 2340. The van der Waals surface area contributed by atoms with Crippen LogP contribution in [0.4, 0.5) is 14.3 Å². The van der Waals surface area contributed by atoms with Gasteiger partial charge in [0.1, 0.15) is 6.61 Å². The van der Waals surface area contributed by atoms with Crippen LogP contribution in [-0.4, -0.2) is 50.6 Å². The van der Waals surface area contributed by atoms with Gasteiger partial charge in [-0.2, -0.15) is 0 Å². The van der Waals surface area contributed by atoms with E-state index in [4.69, 9.17) is 14.5 Å². The minimum atomic E-state index is -2.66. The summed E-state index contributed by atoms with van der Waals surface area (Å²) in [5.41, 5.74) is 7.79. The molecule has 0 saturated heterocycles. The van der Waals surface area contributed by atoms with Gasteiger partial charge in [-0.25, -0.2) is 0 Å². The molecule has 5 nitrogen and oxygen atoms in total. The van der Waals surface area contributed by atoms with Crippen molar-refractivity contribution in [1.82, 2.24) is 4.48 Å². The van der Waals surface area contributed by atoms with E-state index in [2.05, 4.69) is 71.8 Å². The second-order valence-corrected chi connectivity index (χ2v) is 12.7. The molecule has 0 bridgehead atoms. The van der Waals surface area contributed by atoms with E-state index in [1.165, 1.54) is 32.3 Å². The lowest BCUT2D eigenvalue weighted by atomic mass is 9.92. The van der Waals surface area contributed by atoms with Crippen LogP contribution in [0.5, 0.6) is 0 Å². The Labute approximate surface area is 291 Å². The van der Waals surface area contributed by atoms with Crippen molar-refractivity contribution in [1.29, 1.82) is 0 Å². The Morgan fingerprint density at radius 2 is 1.52 bits per heavy atom. The van der Waals surface area contributed by atoms with Crippen LogP contribution in [-0.2, 0) is 9.47 Å². The van der Waals surface area contributed by atoms with Crippen LogP contribution >= 0.6 is 0 Å². The molecule has 5 aromatic carbocycles. The molecule has 1 aliphatic rings. The number of anilines is 1. The predicted molar refractivity (Wildman–Crippen MR) is 204 cm³/mol. The van der Waals surface area contributed by atoms with Crippen LogP contribution in [0.15, 0.2) is 107 Å². The average molecular weight is 666 g/mol. The molecule has 250 valence electrons. The molecule has 1 aromatic heterocycles. The van der Waals surface area contributed by atoms with Crippen LogP contribution in [0.1, 0.15) is 41.9 Å². The third-order valence-electron chi connectivity index (χ3n) is 9.22. The van der Waals surface area contributed by atoms with E-state index in [9.17, 15) is 8.63 Å². The van der Waals surface area contributed by atoms with Crippen LogP contribution in [0.25, 0.3) is 37.9 Å². The van der Waals surface area contributed by atoms with Crippen molar-refractivity contribution in [3.63, 3.8) is 0 Å². The van der Waals surface area contributed by atoms with E-state index in [0.29, 0.717) is 49.9 Å². The first-order chi connectivity index (χ1) is 24.3. The molecule has 0 unspecified atom stereocenters. The third kappa shape index (κ3) is 6.55. The number of benzene rings is 5. The van der Waals surface area contributed by atoms with Crippen LogP contribution in [0.2, 0.25) is 0 Å². The summed E-state index contributed by atoms with van der Waals surface area (Å²) in [5, 5.41) is 10.8. The van der Waals surface area contributed by atoms with Crippen molar-refractivity contribution in [3.8, 4) is 11.8 Å². The van der Waals surface area contributed by atoms with Gasteiger partial charge in [-0.1, -0.05) is 72.5 Å². The Morgan fingerprint density at radius 1 is 0.820 bits per heavy atom. The highest BCUT2D eigenvalue weighted by Gasteiger charge is 2.29. The van der Waals surface area contributed by atoms with Gasteiger partial charge in [-0.3, -0.25) is 13.6 Å². The first-order valence-corrected chi connectivity index (χ1v) is 16.9. The number of aryl methyl sites for hydroxylation is 2. The number of hydrogen-bond donors (Lipinski definition) is 1. The molecule has 2 heterocycles. The maximum atomic E-state index is 14.2. The van der Waals surface area contributed by atoms with Crippen molar-refractivity contribution in [3.05, 3.63) is 130 Å². The van der Waals surface area contributed by atoms with E-state index >= 15 is 0 Å². The van der Waals surface area contributed by atoms with E-state index in [-0.39, 0.29) is 0 Å². The lowest BCUT2D eigenvalue weighted by Gasteiger charge is -2.17. The Hall–Kier alpha value is -5.23. The van der Waals surface area contributed by atoms with Gasteiger partial charge in [0, 0.05) is 40.5 Å². The quantitative estimate of drug-likeness (QED) is 0.0650. The highest BCUT2D eigenvalue weighted by atomic mass is 19.2. The number of aliphatic imine (C=N–C) groups is 1. The zero-order valence-corrected chi connectivity index (χ0v) is 28.7. The SMILES string of the molecule is CC1=CC(C)=N/C1=C(/c1ccc(NCCOCCOCC#Cc2ccc3ccc4cccc5ccc2c3c45)cc1)c1c(C)cc(C)n1B(F)F. The van der Waals surface area contributed by atoms with Crippen molar-refractivity contribution in [2.24, 2.45) is 4.99 Å². The molecule has 1 N–H and O–H groups in total. The molecule has 8 heteroatoms. The second kappa shape index (κ2) is 14.3. The van der Waals surface area contributed by atoms with Gasteiger partial charge in [-0.05, 0) is 107 Å². The van der Waals surface area contributed by atoms with Gasteiger partial charge in [0.2, 0.25) is 0 Å². The van der Waals surface area contributed by atoms with Gasteiger partial charge in [0.25, 0.3) is 0 Å². The molecule has 0 aliphatic carbocycles. The van der Waals surface area contributed by atoms with Crippen molar-refractivity contribution >= 4 is 56.7 Å². The Kier molecular flexibility index (Phi) is 9.53. The molecule has 50 heavy (non-hydrogen) atoms. The summed E-state index contributed by atoms with van der Waals surface area (Å²) in [6.07, 6.45) is 1.98. The van der Waals surface area contributed by atoms with E-state index in [1.54, 1.807) is 13.0 Å². The monoisotopic (exact) mass is 665 g/mol. The number of nitrogens with zero attached hydrogens (tertiary/aromatic N) is 2. The average Bonchev–Trinajstić information content (AvgIpc) is 3.60. The summed E-state index contributed by atoms with van der Waals surface area (Å²) < 4.78 is 41.1. The van der Waals surface area contributed by atoms with Crippen LogP contribution < -0.4 is 5.32 Å². The highest BCUT2D eigenvalue weighted by molar-refractivity contribution is 6.41. The molecule has 0 spiro atoms. The summed E-state index contributed by atoms with van der Waals surface area (Å²) in [4.78, 5) is 4.73. The molecule has 7 rings (SSSR count). The lowest BCUT2D eigenvalue weighted by molar-refractivity contribution is 0.0647. The minimum absolute atomic E-state index is 0.329. The largest absolute Gasteiger partial charge is 0.677 e. The van der Waals surface area contributed by atoms with Gasteiger partial charge < -0.3 is 19.3 Å². The summed E-state index contributed by atoms with van der Waals surface area (Å²) in [7, 11) is -2.66. The molecular weight excluding hydrogens is 627 g/mol. The molecule has 0 saturated carbocycles. The fourth-order valence-corrected chi connectivity index (χ4v) is 7.04. The molecule has 1 aliphatic heterocycles.